The lowest BCUT2D eigenvalue weighted by Crippen LogP contribution is -2.58. The van der Waals surface area contributed by atoms with Crippen molar-refractivity contribution >= 4 is 12.1 Å². The maximum atomic E-state index is 12.4. The van der Waals surface area contributed by atoms with E-state index in [2.05, 4.69) is 16.7 Å². The molecular weight excluding hydrogens is 310 g/mol. The number of rotatable bonds is 3. The van der Waals surface area contributed by atoms with Crippen molar-refractivity contribution in [1.82, 2.24) is 14.7 Å². The summed E-state index contributed by atoms with van der Waals surface area (Å²) in [6.45, 7) is 13.3. The lowest BCUT2D eigenvalue weighted by Gasteiger charge is -2.44. The molecule has 2 atom stereocenters. The Balaban J connectivity index is 2.03. The van der Waals surface area contributed by atoms with Crippen LogP contribution in [0.5, 0.6) is 0 Å². The topological polar surface area (TPSA) is 73.3 Å². The molecule has 0 bridgehead atoms. The van der Waals surface area contributed by atoms with Crippen LogP contribution in [0.2, 0.25) is 0 Å². The first-order valence-corrected chi connectivity index (χ1v) is 8.86. The molecule has 2 heterocycles. The van der Waals surface area contributed by atoms with E-state index in [1.54, 1.807) is 4.90 Å². The fraction of sp³-hybridized carbons (Fsp3) is 0.882. The third kappa shape index (κ3) is 5.08. The number of likely N-dealkylation sites (tertiary alicyclic amines) is 1. The predicted octanol–water partition coefficient (Wildman–Crippen LogP) is 1.33. The van der Waals surface area contributed by atoms with E-state index in [-0.39, 0.29) is 12.6 Å². The van der Waals surface area contributed by atoms with Crippen LogP contribution in [0.1, 0.15) is 34.1 Å². The minimum atomic E-state index is -0.833. The molecule has 2 fully saturated rings. The molecule has 0 aromatic carbocycles. The van der Waals surface area contributed by atoms with E-state index in [1.165, 1.54) is 0 Å². The number of likely N-dealkylation sites (N-methyl/N-ethyl adjacent to an activating group) is 1. The summed E-state index contributed by atoms with van der Waals surface area (Å²) in [6, 6.07) is 0.0892. The van der Waals surface area contributed by atoms with Crippen molar-refractivity contribution in [1.29, 1.82) is 0 Å². The highest BCUT2D eigenvalue weighted by Crippen LogP contribution is 2.24. The molecule has 24 heavy (non-hydrogen) atoms. The first-order valence-electron chi connectivity index (χ1n) is 8.86. The highest BCUT2D eigenvalue weighted by Gasteiger charge is 2.38. The van der Waals surface area contributed by atoms with Crippen LogP contribution in [-0.2, 0) is 9.53 Å². The third-order valence-corrected chi connectivity index (χ3v) is 4.80. The average molecular weight is 341 g/mol. The fourth-order valence-corrected chi connectivity index (χ4v) is 3.44. The summed E-state index contributed by atoms with van der Waals surface area (Å²) in [5, 5.41) is 9.46. The number of nitrogens with zero attached hydrogens (tertiary/aromatic N) is 3. The van der Waals surface area contributed by atoms with E-state index in [0.717, 1.165) is 32.7 Å². The van der Waals surface area contributed by atoms with Gasteiger partial charge in [0.05, 0.1) is 5.92 Å². The number of hydrogen-bond donors (Lipinski definition) is 1. The van der Waals surface area contributed by atoms with Gasteiger partial charge in [0.25, 0.3) is 0 Å². The second-order valence-electron chi connectivity index (χ2n) is 7.78. The van der Waals surface area contributed by atoms with Crippen LogP contribution < -0.4 is 0 Å². The number of hydrogen-bond acceptors (Lipinski definition) is 5. The van der Waals surface area contributed by atoms with Crippen molar-refractivity contribution in [2.75, 3.05) is 45.8 Å². The van der Waals surface area contributed by atoms with Crippen LogP contribution >= 0.6 is 0 Å². The SMILES string of the molecule is CCN1CCN([C@@H]2C[C@@H](C(=O)O)CN(C(=O)OC(C)(C)C)C2)CC1. The summed E-state index contributed by atoms with van der Waals surface area (Å²) >= 11 is 0. The number of ether oxygens (including phenoxy) is 1. The molecule has 2 aliphatic rings. The Hall–Kier alpha value is -1.34. The van der Waals surface area contributed by atoms with Gasteiger partial charge in [0.2, 0.25) is 0 Å². The Morgan fingerprint density at radius 1 is 1.12 bits per heavy atom. The maximum absolute atomic E-state index is 12.4. The monoisotopic (exact) mass is 341 g/mol. The molecular formula is C17H31N3O4. The number of carbonyl (C=O) groups excluding carboxylic acids is 1. The molecule has 0 spiro atoms. The summed E-state index contributed by atoms with van der Waals surface area (Å²) in [5.74, 6) is -1.36. The number of piperazine rings is 1. The number of carboxylic acid groups (broad SMARTS) is 1. The smallest absolute Gasteiger partial charge is 0.410 e. The molecule has 138 valence electrons. The standard InChI is InChI=1S/C17H31N3O4/c1-5-18-6-8-19(9-7-18)14-10-13(15(21)22)11-20(12-14)16(23)24-17(2,3)4/h13-14H,5-12H2,1-4H3,(H,21,22)/t13-,14-/m1/s1. The zero-order chi connectivity index (χ0) is 17.9. The summed E-state index contributed by atoms with van der Waals surface area (Å²) < 4.78 is 5.44. The van der Waals surface area contributed by atoms with Gasteiger partial charge in [-0.1, -0.05) is 6.92 Å². The Labute approximate surface area is 144 Å². The molecule has 0 aliphatic carbocycles. The first kappa shape index (κ1) is 19.0. The largest absolute Gasteiger partial charge is 0.481 e. The number of piperidine rings is 1. The molecule has 7 heteroatoms. The molecule has 0 aromatic heterocycles. The van der Waals surface area contributed by atoms with E-state index < -0.39 is 23.6 Å². The maximum Gasteiger partial charge on any atom is 0.410 e. The fourth-order valence-electron chi connectivity index (χ4n) is 3.44. The van der Waals surface area contributed by atoms with Gasteiger partial charge in [-0.25, -0.2) is 4.79 Å². The summed E-state index contributed by atoms with van der Waals surface area (Å²) in [7, 11) is 0. The van der Waals surface area contributed by atoms with E-state index in [1.807, 2.05) is 20.8 Å². The van der Waals surface area contributed by atoms with Crippen molar-refractivity contribution in [2.24, 2.45) is 5.92 Å². The molecule has 0 aromatic rings. The number of aliphatic carboxylic acids is 1. The Kier molecular flexibility index (Phi) is 6.09. The molecule has 0 unspecified atom stereocenters. The highest BCUT2D eigenvalue weighted by atomic mass is 16.6. The van der Waals surface area contributed by atoms with Gasteiger partial charge in [-0.05, 0) is 33.7 Å². The van der Waals surface area contributed by atoms with E-state index in [4.69, 9.17) is 4.74 Å². The van der Waals surface area contributed by atoms with Gasteiger partial charge in [0, 0.05) is 45.3 Å². The van der Waals surface area contributed by atoms with E-state index >= 15 is 0 Å². The van der Waals surface area contributed by atoms with Crippen LogP contribution in [0.3, 0.4) is 0 Å². The Morgan fingerprint density at radius 2 is 1.75 bits per heavy atom. The van der Waals surface area contributed by atoms with Crippen LogP contribution in [-0.4, -0.2) is 89.3 Å². The minimum Gasteiger partial charge on any atom is -0.481 e. The van der Waals surface area contributed by atoms with Gasteiger partial charge < -0.3 is 19.6 Å². The highest BCUT2D eigenvalue weighted by molar-refractivity contribution is 5.73. The summed E-state index contributed by atoms with van der Waals surface area (Å²) in [5.41, 5.74) is -0.574. The van der Waals surface area contributed by atoms with Crippen molar-refractivity contribution in [2.45, 2.75) is 45.8 Å². The van der Waals surface area contributed by atoms with Gasteiger partial charge in [0.15, 0.2) is 0 Å². The number of amides is 1. The molecule has 7 nitrogen and oxygen atoms in total. The zero-order valence-electron chi connectivity index (χ0n) is 15.3. The third-order valence-electron chi connectivity index (χ3n) is 4.80. The van der Waals surface area contributed by atoms with Crippen molar-refractivity contribution < 1.29 is 19.4 Å². The molecule has 1 amide bonds. The van der Waals surface area contributed by atoms with Crippen LogP contribution in [0.15, 0.2) is 0 Å². The van der Waals surface area contributed by atoms with Crippen LogP contribution in [0.25, 0.3) is 0 Å². The lowest BCUT2D eigenvalue weighted by molar-refractivity contribution is -0.144. The Morgan fingerprint density at radius 3 is 2.25 bits per heavy atom. The number of carbonyl (C=O) groups is 2. The lowest BCUT2D eigenvalue weighted by atomic mass is 9.93. The number of carboxylic acids is 1. The second-order valence-corrected chi connectivity index (χ2v) is 7.78. The summed E-state index contributed by atoms with van der Waals surface area (Å²) in [4.78, 5) is 30.2. The van der Waals surface area contributed by atoms with Gasteiger partial charge in [-0.3, -0.25) is 9.69 Å². The van der Waals surface area contributed by atoms with Gasteiger partial charge in [0.1, 0.15) is 5.60 Å². The van der Waals surface area contributed by atoms with Crippen molar-refractivity contribution in [3.8, 4) is 0 Å². The van der Waals surface area contributed by atoms with Crippen LogP contribution in [0, 0.1) is 5.92 Å². The predicted molar refractivity (Wildman–Crippen MR) is 91.0 cm³/mol. The van der Waals surface area contributed by atoms with Gasteiger partial charge in [-0.2, -0.15) is 0 Å². The average Bonchev–Trinajstić information content (AvgIpc) is 2.53. The molecule has 2 rings (SSSR count). The molecule has 2 saturated heterocycles. The Bertz CT molecular complexity index is 455. The minimum absolute atomic E-state index is 0.0892. The van der Waals surface area contributed by atoms with Crippen molar-refractivity contribution in [3.05, 3.63) is 0 Å². The van der Waals surface area contributed by atoms with E-state index in [0.29, 0.717) is 13.0 Å². The quantitative estimate of drug-likeness (QED) is 0.835. The molecule has 1 N–H and O–H groups in total. The molecule has 0 radical (unpaired) electrons. The van der Waals surface area contributed by atoms with Crippen molar-refractivity contribution in [3.63, 3.8) is 0 Å². The normalized spacial score (nSPS) is 27.1. The summed E-state index contributed by atoms with van der Waals surface area (Å²) in [6.07, 6.45) is 0.187. The molecule has 0 saturated carbocycles. The molecule has 2 aliphatic heterocycles. The van der Waals surface area contributed by atoms with E-state index in [9.17, 15) is 14.7 Å². The zero-order valence-corrected chi connectivity index (χ0v) is 15.3. The van der Waals surface area contributed by atoms with Gasteiger partial charge >= 0.3 is 12.1 Å². The van der Waals surface area contributed by atoms with Gasteiger partial charge in [-0.15, -0.1) is 0 Å². The second kappa shape index (κ2) is 7.70. The van der Waals surface area contributed by atoms with Crippen LogP contribution in [0.4, 0.5) is 4.79 Å². The first-order chi connectivity index (χ1) is 11.2.